The van der Waals surface area contributed by atoms with Crippen molar-refractivity contribution in [3.8, 4) is 0 Å². The maximum absolute atomic E-state index is 15.1. The molecule has 202 valence electrons. The maximum atomic E-state index is 15.1. The van der Waals surface area contributed by atoms with Crippen LogP contribution in [-0.4, -0.2) is 11.8 Å². The van der Waals surface area contributed by atoms with Crippen LogP contribution in [0.5, 0.6) is 0 Å². The third kappa shape index (κ3) is 4.52. The van der Waals surface area contributed by atoms with Crippen LogP contribution in [0, 0.1) is 13.8 Å². The maximum Gasteiger partial charge on any atom is 0.382 e. The zero-order valence-electron chi connectivity index (χ0n) is 21.5. The monoisotopic (exact) mass is 524 g/mol. The second-order valence-corrected chi connectivity index (χ2v) is 11.3. The topological polar surface area (TPSA) is 52.0 Å². The Morgan fingerprint density at radius 3 is 0.972 bits per heavy atom. The van der Waals surface area contributed by atoms with Gasteiger partial charge in [0.05, 0.1) is 0 Å². The zero-order chi connectivity index (χ0) is 28.4. The van der Waals surface area contributed by atoms with Crippen LogP contribution in [-0.2, 0) is 22.7 Å². The Hall–Kier alpha value is -2.52. The molecule has 0 heterocycles. The first kappa shape index (κ1) is 29.7. The van der Waals surface area contributed by atoms with Gasteiger partial charge in [-0.2, -0.15) is 35.1 Å². The van der Waals surface area contributed by atoms with E-state index in [2.05, 4.69) is 0 Å². The SMILES string of the molecule is Cc1cc(C(F)(F)C(F)(F)C(F)(F)C(F)(F)c2cc(C)c(N)c(C(C)(C)C)c2)cc(C(C)(C)C)c1N. The first-order chi connectivity index (χ1) is 15.8. The number of rotatable bonds is 5. The van der Waals surface area contributed by atoms with Crippen LogP contribution in [0.1, 0.15) is 74.9 Å². The molecule has 0 aromatic heterocycles. The molecule has 0 aliphatic heterocycles. The summed E-state index contributed by atoms with van der Waals surface area (Å²) in [4.78, 5) is 0. The standard InChI is InChI=1S/C26H32F8N2/c1-13-9-15(11-17(19(13)35)21(3,4)5)23(27,28)25(31,32)26(33,34)24(29,30)16-10-14(2)20(36)18(12-16)22(6,7)8/h9-12H,35-36H2,1-8H3. The highest BCUT2D eigenvalue weighted by Crippen LogP contribution is 2.60. The lowest BCUT2D eigenvalue weighted by Crippen LogP contribution is -2.59. The van der Waals surface area contributed by atoms with Gasteiger partial charge in [0.25, 0.3) is 0 Å². The van der Waals surface area contributed by atoms with Crippen LogP contribution in [0.15, 0.2) is 24.3 Å². The predicted molar refractivity (Wildman–Crippen MR) is 126 cm³/mol. The van der Waals surface area contributed by atoms with Gasteiger partial charge in [-0.3, -0.25) is 0 Å². The van der Waals surface area contributed by atoms with Crippen LogP contribution in [0.3, 0.4) is 0 Å². The molecule has 10 heteroatoms. The molecule has 0 unspecified atom stereocenters. The van der Waals surface area contributed by atoms with E-state index in [-0.39, 0.29) is 33.6 Å². The number of hydrogen-bond acceptors (Lipinski definition) is 2. The Bertz CT molecular complexity index is 1060. The molecule has 0 atom stereocenters. The van der Waals surface area contributed by atoms with E-state index in [1.807, 2.05) is 0 Å². The Labute approximate surface area is 206 Å². The fourth-order valence-electron chi connectivity index (χ4n) is 3.96. The third-order valence-corrected chi connectivity index (χ3v) is 6.30. The molecule has 0 aliphatic carbocycles. The predicted octanol–water partition coefficient (Wildman–Crippen LogP) is 8.22. The van der Waals surface area contributed by atoms with Gasteiger partial charge in [-0.15, -0.1) is 0 Å². The van der Waals surface area contributed by atoms with Crippen LogP contribution < -0.4 is 11.5 Å². The van der Waals surface area contributed by atoms with Crippen molar-refractivity contribution >= 4 is 11.4 Å². The first-order valence-corrected chi connectivity index (χ1v) is 11.1. The summed E-state index contributed by atoms with van der Waals surface area (Å²) in [6.45, 7) is 11.8. The normalized spacial score (nSPS) is 14.3. The fraction of sp³-hybridized carbons (Fsp3) is 0.538. The lowest BCUT2D eigenvalue weighted by Gasteiger charge is -2.38. The molecule has 0 saturated carbocycles. The Kier molecular flexibility index (Phi) is 7.03. The summed E-state index contributed by atoms with van der Waals surface area (Å²) in [6, 6.07) is 2.15. The quantitative estimate of drug-likeness (QED) is 0.306. The summed E-state index contributed by atoms with van der Waals surface area (Å²) >= 11 is 0. The molecule has 2 aromatic carbocycles. The van der Waals surface area contributed by atoms with Crippen molar-refractivity contribution in [2.45, 2.75) is 89.9 Å². The number of nitrogen functional groups attached to an aromatic ring is 2. The van der Waals surface area contributed by atoms with Gasteiger partial charge in [-0.1, -0.05) is 41.5 Å². The number of alkyl halides is 8. The minimum atomic E-state index is -6.49. The van der Waals surface area contributed by atoms with E-state index in [4.69, 9.17) is 11.5 Å². The van der Waals surface area contributed by atoms with Crippen molar-refractivity contribution in [1.82, 2.24) is 0 Å². The van der Waals surface area contributed by atoms with Crippen LogP contribution >= 0.6 is 0 Å². The van der Waals surface area contributed by atoms with Crippen molar-refractivity contribution in [3.63, 3.8) is 0 Å². The number of benzene rings is 2. The molecule has 4 N–H and O–H groups in total. The Morgan fingerprint density at radius 1 is 0.500 bits per heavy atom. The van der Waals surface area contributed by atoms with Gasteiger partial charge in [0.1, 0.15) is 0 Å². The Morgan fingerprint density at radius 2 is 0.750 bits per heavy atom. The molecule has 0 bridgehead atoms. The van der Waals surface area contributed by atoms with Crippen molar-refractivity contribution in [1.29, 1.82) is 0 Å². The minimum absolute atomic E-state index is 0.00738. The summed E-state index contributed by atoms with van der Waals surface area (Å²) in [5.74, 6) is -24.3. The molecular formula is C26H32F8N2. The van der Waals surface area contributed by atoms with E-state index < -0.39 is 45.6 Å². The molecule has 2 rings (SSSR count). The van der Waals surface area contributed by atoms with E-state index in [1.165, 1.54) is 13.8 Å². The molecule has 36 heavy (non-hydrogen) atoms. The lowest BCUT2D eigenvalue weighted by atomic mass is 9.80. The summed E-state index contributed by atoms with van der Waals surface area (Å²) in [6.07, 6.45) is 0. The average Bonchev–Trinajstić information content (AvgIpc) is 2.69. The highest BCUT2D eigenvalue weighted by molar-refractivity contribution is 5.60. The minimum Gasteiger partial charge on any atom is -0.398 e. The first-order valence-electron chi connectivity index (χ1n) is 11.1. The van der Waals surface area contributed by atoms with E-state index >= 15 is 17.6 Å². The van der Waals surface area contributed by atoms with Crippen molar-refractivity contribution < 1.29 is 35.1 Å². The molecule has 0 amide bonds. The molecule has 0 aliphatic rings. The molecule has 2 aromatic rings. The number of aryl methyl sites for hydroxylation is 2. The van der Waals surface area contributed by atoms with E-state index in [0.29, 0.717) is 24.3 Å². The largest absolute Gasteiger partial charge is 0.398 e. The zero-order valence-corrected chi connectivity index (χ0v) is 21.5. The van der Waals surface area contributed by atoms with Gasteiger partial charge in [-0.05, 0) is 71.2 Å². The summed E-state index contributed by atoms with van der Waals surface area (Å²) in [5.41, 5.74) is 6.70. The van der Waals surface area contributed by atoms with Crippen LogP contribution in [0.25, 0.3) is 0 Å². The number of nitrogens with two attached hydrogens (primary N) is 2. The van der Waals surface area contributed by atoms with Crippen molar-refractivity contribution in [3.05, 3.63) is 57.6 Å². The number of hydrogen-bond donors (Lipinski definition) is 2. The molecule has 0 saturated heterocycles. The van der Waals surface area contributed by atoms with Crippen molar-refractivity contribution in [2.24, 2.45) is 0 Å². The number of anilines is 2. The fourth-order valence-corrected chi connectivity index (χ4v) is 3.96. The van der Waals surface area contributed by atoms with Gasteiger partial charge >= 0.3 is 23.7 Å². The second kappa shape index (κ2) is 8.52. The van der Waals surface area contributed by atoms with Crippen LogP contribution in [0.4, 0.5) is 46.5 Å². The smallest absolute Gasteiger partial charge is 0.382 e. The summed E-state index contributed by atoms with van der Waals surface area (Å²) < 4.78 is 121. The van der Waals surface area contributed by atoms with E-state index in [9.17, 15) is 17.6 Å². The Balaban J connectivity index is 2.76. The summed E-state index contributed by atoms with van der Waals surface area (Å²) in [5, 5.41) is 0. The second-order valence-electron chi connectivity index (χ2n) is 11.3. The molecule has 0 radical (unpaired) electrons. The van der Waals surface area contributed by atoms with E-state index in [1.54, 1.807) is 41.5 Å². The molecular weight excluding hydrogens is 492 g/mol. The summed E-state index contributed by atoms with van der Waals surface area (Å²) in [7, 11) is 0. The third-order valence-electron chi connectivity index (χ3n) is 6.30. The van der Waals surface area contributed by atoms with Gasteiger partial charge in [0.2, 0.25) is 0 Å². The van der Waals surface area contributed by atoms with Gasteiger partial charge < -0.3 is 11.5 Å². The van der Waals surface area contributed by atoms with Gasteiger partial charge in [0.15, 0.2) is 0 Å². The van der Waals surface area contributed by atoms with Crippen LogP contribution in [0.2, 0.25) is 0 Å². The lowest BCUT2D eigenvalue weighted by molar-refractivity contribution is -0.374. The number of halogens is 8. The van der Waals surface area contributed by atoms with E-state index in [0.717, 1.165) is 0 Å². The highest BCUT2D eigenvalue weighted by atomic mass is 19.4. The van der Waals surface area contributed by atoms with Crippen molar-refractivity contribution in [2.75, 3.05) is 11.5 Å². The average molecular weight is 525 g/mol. The van der Waals surface area contributed by atoms with Gasteiger partial charge in [0, 0.05) is 22.5 Å². The molecule has 0 spiro atoms. The highest BCUT2D eigenvalue weighted by Gasteiger charge is 2.81. The molecule has 0 fully saturated rings. The molecule has 2 nitrogen and oxygen atoms in total. The van der Waals surface area contributed by atoms with Gasteiger partial charge in [-0.25, -0.2) is 0 Å².